The van der Waals surface area contributed by atoms with Crippen LogP contribution >= 0.6 is 23.2 Å². The fourth-order valence-electron chi connectivity index (χ4n) is 4.95. The Morgan fingerprint density at radius 3 is 2.43 bits per heavy atom. The van der Waals surface area contributed by atoms with Crippen LogP contribution in [0.15, 0.2) is 42.5 Å². The van der Waals surface area contributed by atoms with Gasteiger partial charge in [-0.25, -0.2) is 4.79 Å². The molecule has 0 saturated carbocycles. The molecule has 6 heteroatoms. The Kier molecular flexibility index (Phi) is 5.48. The van der Waals surface area contributed by atoms with Crippen LogP contribution in [0, 0.1) is 11.8 Å². The number of hydrogen-bond acceptors (Lipinski definition) is 3. The highest BCUT2D eigenvalue weighted by Gasteiger charge is 2.42. The van der Waals surface area contributed by atoms with Crippen LogP contribution in [0.1, 0.15) is 22.3 Å². The summed E-state index contributed by atoms with van der Waals surface area (Å²) in [7, 11) is 0. The summed E-state index contributed by atoms with van der Waals surface area (Å²) in [5, 5.41) is 1.09. The zero-order valence-electron chi connectivity index (χ0n) is 16.7. The van der Waals surface area contributed by atoms with Crippen LogP contribution in [0.2, 0.25) is 10.0 Å². The molecule has 1 aliphatic carbocycles. The first-order valence-electron chi connectivity index (χ1n) is 10.4. The number of allylic oxidation sites excluding steroid dienone is 1. The van der Waals surface area contributed by atoms with Gasteiger partial charge in [0.2, 0.25) is 0 Å². The van der Waals surface area contributed by atoms with Crippen LogP contribution in [-0.2, 0) is 24.3 Å². The third kappa shape index (κ3) is 4.22. The van der Waals surface area contributed by atoms with Crippen LogP contribution in [0.4, 0.5) is 4.79 Å². The minimum absolute atomic E-state index is 0.184. The van der Waals surface area contributed by atoms with Crippen LogP contribution in [-0.4, -0.2) is 42.1 Å². The molecule has 1 amide bonds. The number of carbonyl (C=O) groups excluding carboxylic acids is 1. The Morgan fingerprint density at radius 2 is 1.70 bits per heavy atom. The lowest BCUT2D eigenvalue weighted by molar-refractivity contribution is 0.0997. The van der Waals surface area contributed by atoms with E-state index in [1.807, 2.05) is 4.90 Å². The molecule has 0 unspecified atom stereocenters. The average molecular weight is 443 g/mol. The van der Waals surface area contributed by atoms with Crippen LogP contribution in [0.25, 0.3) is 6.08 Å². The standard InChI is InChI=1S/C24H24Cl2N2O2/c25-22-7-17(8-23(26)9-22)15-30-24(29)28-13-20-11-27(12-21(20)14-28)10-16-4-5-18-2-1-3-19(18)6-16/h1,3-9,20-21H,2,10-15H2/t20-,21+. The zero-order chi connectivity index (χ0) is 20.7. The number of nitrogens with zero attached hydrogens (tertiary/aromatic N) is 2. The van der Waals surface area contributed by atoms with E-state index in [9.17, 15) is 4.79 Å². The second-order valence-corrected chi connectivity index (χ2v) is 9.46. The zero-order valence-corrected chi connectivity index (χ0v) is 18.2. The van der Waals surface area contributed by atoms with Gasteiger partial charge in [0.1, 0.15) is 6.61 Å². The summed E-state index contributed by atoms with van der Waals surface area (Å²) in [6, 6.07) is 12.0. The maximum atomic E-state index is 12.5. The van der Waals surface area contributed by atoms with Crippen molar-refractivity contribution in [3.05, 3.63) is 74.8 Å². The normalized spacial score (nSPS) is 22.4. The van der Waals surface area contributed by atoms with Gasteiger partial charge in [-0.3, -0.25) is 4.90 Å². The molecule has 2 aliphatic heterocycles. The highest BCUT2D eigenvalue weighted by atomic mass is 35.5. The monoisotopic (exact) mass is 442 g/mol. The fourth-order valence-corrected chi connectivity index (χ4v) is 5.53. The lowest BCUT2D eigenvalue weighted by Crippen LogP contribution is -2.33. The molecule has 156 valence electrons. The van der Waals surface area contributed by atoms with Gasteiger partial charge >= 0.3 is 6.09 Å². The topological polar surface area (TPSA) is 32.8 Å². The summed E-state index contributed by atoms with van der Waals surface area (Å²) in [6.45, 7) is 4.76. The summed E-state index contributed by atoms with van der Waals surface area (Å²) in [6.07, 6.45) is 5.25. The van der Waals surface area contributed by atoms with Gasteiger partial charge in [-0.1, -0.05) is 53.6 Å². The molecule has 2 saturated heterocycles. The van der Waals surface area contributed by atoms with Gasteiger partial charge in [0.15, 0.2) is 0 Å². The van der Waals surface area contributed by atoms with Gasteiger partial charge in [-0.2, -0.15) is 0 Å². The van der Waals surface area contributed by atoms with Gasteiger partial charge in [0.25, 0.3) is 0 Å². The van der Waals surface area contributed by atoms with Crippen molar-refractivity contribution in [3.8, 4) is 0 Å². The number of hydrogen-bond donors (Lipinski definition) is 0. The summed E-state index contributed by atoms with van der Waals surface area (Å²) in [5.41, 5.74) is 4.96. The van der Waals surface area contributed by atoms with Crippen molar-refractivity contribution in [2.45, 2.75) is 19.6 Å². The SMILES string of the molecule is O=C(OCc1cc(Cl)cc(Cl)c1)N1C[C@H]2CN(Cc3ccc4c(c3)C=CC4)C[C@H]2C1. The quantitative estimate of drug-likeness (QED) is 0.646. The van der Waals surface area contributed by atoms with Crippen molar-refractivity contribution in [2.24, 2.45) is 11.8 Å². The molecule has 5 rings (SSSR count). The minimum Gasteiger partial charge on any atom is -0.445 e. The number of ether oxygens (including phenoxy) is 1. The number of rotatable bonds is 4. The Labute approximate surface area is 187 Å². The van der Waals surface area contributed by atoms with Crippen molar-refractivity contribution in [1.29, 1.82) is 0 Å². The second kappa shape index (κ2) is 8.26. The molecule has 30 heavy (non-hydrogen) atoms. The Bertz CT molecular complexity index is 972. The maximum Gasteiger partial charge on any atom is 0.410 e. The molecule has 0 aromatic heterocycles. The Hall–Kier alpha value is -2.01. The summed E-state index contributed by atoms with van der Waals surface area (Å²) < 4.78 is 5.50. The van der Waals surface area contributed by atoms with Gasteiger partial charge in [0, 0.05) is 42.8 Å². The molecule has 2 aromatic rings. The molecule has 2 heterocycles. The highest BCUT2D eigenvalue weighted by Crippen LogP contribution is 2.33. The molecule has 2 atom stereocenters. The van der Waals surface area contributed by atoms with E-state index in [0.717, 1.165) is 44.7 Å². The van der Waals surface area contributed by atoms with Crippen LogP contribution in [0.3, 0.4) is 0 Å². The molecule has 2 aromatic carbocycles. The molecule has 0 radical (unpaired) electrons. The van der Waals surface area contributed by atoms with Crippen molar-refractivity contribution in [2.75, 3.05) is 26.2 Å². The number of likely N-dealkylation sites (tertiary alicyclic amines) is 2. The van der Waals surface area contributed by atoms with E-state index in [1.165, 1.54) is 16.7 Å². The number of fused-ring (bicyclic) bond motifs is 2. The van der Waals surface area contributed by atoms with Gasteiger partial charge < -0.3 is 9.64 Å². The fraction of sp³-hybridized carbons (Fsp3) is 0.375. The summed E-state index contributed by atoms with van der Waals surface area (Å²) in [5.74, 6) is 1.04. The van der Waals surface area contributed by atoms with E-state index in [4.69, 9.17) is 27.9 Å². The molecule has 3 aliphatic rings. The van der Waals surface area contributed by atoms with E-state index < -0.39 is 0 Å². The Morgan fingerprint density at radius 1 is 0.967 bits per heavy atom. The Balaban J connectivity index is 1.12. The van der Waals surface area contributed by atoms with Crippen molar-refractivity contribution < 1.29 is 9.53 Å². The van der Waals surface area contributed by atoms with E-state index >= 15 is 0 Å². The largest absolute Gasteiger partial charge is 0.445 e. The lowest BCUT2D eigenvalue weighted by Gasteiger charge is -2.21. The molecular formula is C24H24Cl2N2O2. The van der Waals surface area contributed by atoms with Crippen LogP contribution in [0.5, 0.6) is 0 Å². The number of amides is 1. The maximum absolute atomic E-state index is 12.5. The summed E-state index contributed by atoms with van der Waals surface area (Å²) >= 11 is 12.0. The highest BCUT2D eigenvalue weighted by molar-refractivity contribution is 6.34. The predicted molar refractivity (Wildman–Crippen MR) is 120 cm³/mol. The average Bonchev–Trinajstić information content (AvgIpc) is 3.39. The minimum atomic E-state index is -0.252. The smallest absolute Gasteiger partial charge is 0.410 e. The van der Waals surface area contributed by atoms with E-state index in [0.29, 0.717) is 21.9 Å². The van der Waals surface area contributed by atoms with E-state index in [2.05, 4.69) is 35.3 Å². The number of carbonyl (C=O) groups is 1. The molecule has 0 bridgehead atoms. The van der Waals surface area contributed by atoms with Gasteiger partial charge in [-0.05, 0) is 58.7 Å². The first-order valence-corrected chi connectivity index (χ1v) is 11.2. The van der Waals surface area contributed by atoms with Crippen molar-refractivity contribution in [3.63, 3.8) is 0 Å². The molecule has 4 nitrogen and oxygen atoms in total. The predicted octanol–water partition coefficient (Wildman–Crippen LogP) is 5.26. The number of halogens is 2. The van der Waals surface area contributed by atoms with Crippen molar-refractivity contribution >= 4 is 35.4 Å². The van der Waals surface area contributed by atoms with Gasteiger partial charge in [-0.15, -0.1) is 0 Å². The summed E-state index contributed by atoms with van der Waals surface area (Å²) in [4.78, 5) is 16.9. The van der Waals surface area contributed by atoms with Gasteiger partial charge in [0.05, 0.1) is 0 Å². The number of benzene rings is 2. The molecule has 2 fully saturated rings. The first kappa shape index (κ1) is 19.9. The molecule has 0 N–H and O–H groups in total. The lowest BCUT2D eigenvalue weighted by atomic mass is 10.0. The first-order chi connectivity index (χ1) is 14.5. The van der Waals surface area contributed by atoms with E-state index in [-0.39, 0.29) is 12.7 Å². The third-order valence-electron chi connectivity index (χ3n) is 6.36. The van der Waals surface area contributed by atoms with Crippen molar-refractivity contribution in [1.82, 2.24) is 9.80 Å². The van der Waals surface area contributed by atoms with E-state index in [1.54, 1.807) is 18.2 Å². The van der Waals surface area contributed by atoms with Crippen LogP contribution < -0.4 is 0 Å². The third-order valence-corrected chi connectivity index (χ3v) is 6.79. The molecule has 0 spiro atoms. The molecular weight excluding hydrogens is 419 g/mol. The second-order valence-electron chi connectivity index (χ2n) is 8.59.